The van der Waals surface area contributed by atoms with Gasteiger partial charge in [0.05, 0.1) is 5.71 Å². The van der Waals surface area contributed by atoms with E-state index in [2.05, 4.69) is 5.16 Å². The number of oxime groups is 1. The first-order valence-electron chi connectivity index (χ1n) is 4.31. The molecule has 1 unspecified atom stereocenters. The van der Waals surface area contributed by atoms with Crippen LogP contribution in [0, 0.1) is 0 Å². The van der Waals surface area contributed by atoms with Crippen molar-refractivity contribution in [2.45, 2.75) is 39.2 Å². The summed E-state index contributed by atoms with van der Waals surface area (Å²) in [6.45, 7) is 3.02. The van der Waals surface area contributed by atoms with Crippen LogP contribution in [-0.2, 0) is 14.4 Å². The summed E-state index contributed by atoms with van der Waals surface area (Å²) in [5.74, 6) is 0.121. The topological polar surface area (TPSA) is 55.7 Å². The van der Waals surface area contributed by atoms with E-state index in [-0.39, 0.29) is 11.6 Å². The zero-order chi connectivity index (χ0) is 9.84. The van der Waals surface area contributed by atoms with Crippen LogP contribution in [0.25, 0.3) is 0 Å². The smallest absolute Gasteiger partial charge is 0.190 e. The van der Waals surface area contributed by atoms with Gasteiger partial charge in [-0.15, -0.1) is 0 Å². The van der Waals surface area contributed by atoms with Crippen LogP contribution in [0.5, 0.6) is 0 Å². The van der Waals surface area contributed by atoms with Crippen molar-refractivity contribution in [3.05, 3.63) is 0 Å². The number of nitrogens with zero attached hydrogens (tertiary/aromatic N) is 1. The first-order valence-corrected chi connectivity index (χ1v) is 4.31. The number of carbonyl (C=O) groups is 2. The molecule has 0 amide bonds. The highest BCUT2D eigenvalue weighted by Gasteiger charge is 2.24. The highest BCUT2D eigenvalue weighted by molar-refractivity contribution is 5.94. The Bertz CT molecular complexity index is 258. The van der Waals surface area contributed by atoms with Crippen molar-refractivity contribution in [2.75, 3.05) is 0 Å². The fourth-order valence-electron chi connectivity index (χ4n) is 1.11. The van der Waals surface area contributed by atoms with Gasteiger partial charge in [0.15, 0.2) is 11.9 Å². The van der Waals surface area contributed by atoms with Gasteiger partial charge in [-0.2, -0.15) is 0 Å². The molecule has 0 bridgehead atoms. The van der Waals surface area contributed by atoms with E-state index in [0.717, 1.165) is 5.71 Å². The predicted octanol–water partition coefficient (Wildman–Crippen LogP) is 1.09. The minimum Gasteiger partial charge on any atom is -0.384 e. The third-order valence-electron chi connectivity index (χ3n) is 1.95. The maximum Gasteiger partial charge on any atom is 0.190 e. The summed E-state index contributed by atoms with van der Waals surface area (Å²) >= 11 is 0. The molecule has 0 saturated carbocycles. The Morgan fingerprint density at radius 2 is 2.23 bits per heavy atom. The van der Waals surface area contributed by atoms with Gasteiger partial charge in [0.2, 0.25) is 0 Å². The molecule has 0 radical (unpaired) electrons. The Kier molecular flexibility index (Phi) is 3.17. The summed E-state index contributed by atoms with van der Waals surface area (Å²) in [7, 11) is 0. The van der Waals surface area contributed by atoms with Crippen LogP contribution in [0.1, 0.15) is 33.1 Å². The summed E-state index contributed by atoms with van der Waals surface area (Å²) in [6.07, 6.45) is 1.22. The van der Waals surface area contributed by atoms with Gasteiger partial charge in [0, 0.05) is 12.8 Å². The van der Waals surface area contributed by atoms with E-state index >= 15 is 0 Å². The van der Waals surface area contributed by atoms with Crippen LogP contribution in [0.2, 0.25) is 0 Å². The maximum atomic E-state index is 10.9. The van der Waals surface area contributed by atoms with Gasteiger partial charge in [0.1, 0.15) is 5.78 Å². The third-order valence-corrected chi connectivity index (χ3v) is 1.95. The van der Waals surface area contributed by atoms with Gasteiger partial charge in [-0.25, -0.2) is 0 Å². The number of carbonyl (C=O) groups excluding carboxylic acids is 2. The van der Waals surface area contributed by atoms with Crippen LogP contribution in [0.4, 0.5) is 0 Å². The van der Waals surface area contributed by atoms with E-state index in [1.807, 2.05) is 0 Å². The number of rotatable bonds is 4. The molecule has 1 aliphatic rings. The highest BCUT2D eigenvalue weighted by atomic mass is 16.6. The first-order chi connectivity index (χ1) is 6.09. The second-order valence-corrected chi connectivity index (χ2v) is 3.27. The second-order valence-electron chi connectivity index (χ2n) is 3.27. The molecule has 0 fully saturated rings. The van der Waals surface area contributed by atoms with E-state index in [1.165, 1.54) is 6.92 Å². The molecule has 13 heavy (non-hydrogen) atoms. The SMILES string of the molecule is CC(=O)CCC1=NOC(C(C)=O)C1. The van der Waals surface area contributed by atoms with Crippen LogP contribution in [0.3, 0.4) is 0 Å². The minimum absolute atomic E-state index is 0.0124. The van der Waals surface area contributed by atoms with Gasteiger partial charge in [-0.1, -0.05) is 5.16 Å². The van der Waals surface area contributed by atoms with Gasteiger partial charge in [0.25, 0.3) is 0 Å². The Hall–Kier alpha value is -1.19. The van der Waals surface area contributed by atoms with Gasteiger partial charge in [-0.05, 0) is 20.3 Å². The Labute approximate surface area is 76.9 Å². The molecule has 1 atom stereocenters. The van der Waals surface area contributed by atoms with Crippen LogP contribution < -0.4 is 0 Å². The van der Waals surface area contributed by atoms with Crippen molar-refractivity contribution < 1.29 is 14.4 Å². The summed E-state index contributed by atoms with van der Waals surface area (Å²) in [6, 6.07) is 0. The second kappa shape index (κ2) is 4.16. The molecular weight excluding hydrogens is 170 g/mol. The summed E-state index contributed by atoms with van der Waals surface area (Å²) in [5.41, 5.74) is 0.815. The normalized spacial score (nSPS) is 20.8. The quantitative estimate of drug-likeness (QED) is 0.655. The molecule has 1 heterocycles. The molecule has 1 rings (SSSR count). The van der Waals surface area contributed by atoms with E-state index in [0.29, 0.717) is 19.3 Å². The summed E-state index contributed by atoms with van der Waals surface area (Å²) < 4.78 is 0. The molecule has 0 aromatic carbocycles. The molecule has 0 saturated heterocycles. The Balaban J connectivity index is 2.32. The fourth-order valence-corrected chi connectivity index (χ4v) is 1.11. The summed E-state index contributed by atoms with van der Waals surface area (Å²) in [5, 5.41) is 3.75. The van der Waals surface area contributed by atoms with Crippen molar-refractivity contribution in [1.82, 2.24) is 0 Å². The lowest BCUT2D eigenvalue weighted by Gasteiger charge is -2.00. The molecule has 0 spiro atoms. The molecule has 4 heteroatoms. The number of ketones is 2. The molecule has 72 valence electrons. The molecular formula is C9H13NO3. The standard InChI is InChI=1S/C9H13NO3/c1-6(11)3-4-8-5-9(7(2)12)13-10-8/h9H,3-5H2,1-2H3. The molecule has 0 aromatic rings. The van der Waals surface area contributed by atoms with Crippen LogP contribution in [-0.4, -0.2) is 23.4 Å². The molecule has 0 aromatic heterocycles. The van der Waals surface area contributed by atoms with Crippen molar-refractivity contribution in [3.8, 4) is 0 Å². The molecule has 0 aliphatic carbocycles. The van der Waals surface area contributed by atoms with Gasteiger partial charge in [-0.3, -0.25) is 4.79 Å². The number of hydrogen-bond acceptors (Lipinski definition) is 4. The molecule has 0 N–H and O–H groups in total. The molecule has 1 aliphatic heterocycles. The fraction of sp³-hybridized carbons (Fsp3) is 0.667. The molecule has 4 nitrogen and oxygen atoms in total. The van der Waals surface area contributed by atoms with Crippen molar-refractivity contribution >= 4 is 17.3 Å². The largest absolute Gasteiger partial charge is 0.384 e. The zero-order valence-corrected chi connectivity index (χ0v) is 7.87. The summed E-state index contributed by atoms with van der Waals surface area (Å²) in [4.78, 5) is 26.4. The van der Waals surface area contributed by atoms with Gasteiger partial charge >= 0.3 is 0 Å². The van der Waals surface area contributed by atoms with Gasteiger partial charge < -0.3 is 9.63 Å². The first kappa shape index (κ1) is 9.89. The number of hydrogen-bond donors (Lipinski definition) is 0. The lowest BCUT2D eigenvalue weighted by molar-refractivity contribution is -0.126. The van der Waals surface area contributed by atoms with E-state index in [1.54, 1.807) is 6.92 Å². The lowest BCUT2D eigenvalue weighted by atomic mass is 10.1. The zero-order valence-electron chi connectivity index (χ0n) is 7.87. The highest BCUT2D eigenvalue weighted by Crippen LogP contribution is 2.14. The minimum atomic E-state index is -0.415. The van der Waals surface area contributed by atoms with Crippen molar-refractivity contribution in [2.24, 2.45) is 5.16 Å². The maximum absolute atomic E-state index is 10.9. The van der Waals surface area contributed by atoms with Crippen molar-refractivity contribution in [1.29, 1.82) is 0 Å². The third kappa shape index (κ3) is 2.97. The van der Waals surface area contributed by atoms with Crippen LogP contribution >= 0.6 is 0 Å². The Morgan fingerprint density at radius 1 is 1.54 bits per heavy atom. The van der Waals surface area contributed by atoms with Crippen molar-refractivity contribution in [3.63, 3.8) is 0 Å². The monoisotopic (exact) mass is 183 g/mol. The van der Waals surface area contributed by atoms with E-state index in [4.69, 9.17) is 4.84 Å². The predicted molar refractivity (Wildman–Crippen MR) is 47.5 cm³/mol. The average molecular weight is 183 g/mol. The van der Waals surface area contributed by atoms with Crippen LogP contribution in [0.15, 0.2) is 5.16 Å². The van der Waals surface area contributed by atoms with E-state index < -0.39 is 6.10 Å². The Morgan fingerprint density at radius 3 is 2.69 bits per heavy atom. The lowest BCUT2D eigenvalue weighted by Crippen LogP contribution is -2.17. The number of Topliss-reactive ketones (excluding diaryl/α,β-unsaturated/α-hetero) is 2. The average Bonchev–Trinajstić information content (AvgIpc) is 2.48. The van der Waals surface area contributed by atoms with E-state index in [9.17, 15) is 9.59 Å².